The Hall–Kier alpha value is -0.570. The lowest BCUT2D eigenvalue weighted by Crippen LogP contribution is -1.48. The molecule has 0 fully saturated rings. The Bertz CT molecular complexity index is 12.4. The summed E-state index contributed by atoms with van der Waals surface area (Å²) in [6.07, 6.45) is 0. The van der Waals surface area contributed by atoms with E-state index in [0.29, 0.717) is 6.47 Å². The first-order chi connectivity index (χ1) is 2.41. The lowest BCUT2D eigenvalue weighted by molar-refractivity contribution is 0.399. The van der Waals surface area contributed by atoms with Crippen molar-refractivity contribution in [2.75, 3.05) is 7.11 Å². The minimum Gasteiger partial charge on any atom is -0.473 e. The van der Waals surface area contributed by atoms with Gasteiger partial charge in [-0.2, -0.15) is 0 Å². The fourth-order valence-electron chi connectivity index (χ4n) is 0. The van der Waals surface area contributed by atoms with Crippen LogP contribution in [0.4, 0.5) is 0 Å². The minimum atomic E-state index is 0.500. The zero-order valence-corrected chi connectivity index (χ0v) is 2.80. The normalized spacial score (nSPS) is 3.60. The molecule has 0 heterocycles. The molecule has 0 aromatic rings. The van der Waals surface area contributed by atoms with Gasteiger partial charge < -0.3 is 10.2 Å². The molecular weight excluding hydrogens is 72.0 g/mol. The summed E-state index contributed by atoms with van der Waals surface area (Å²) in [5, 5.41) is 13.8. The molecule has 0 aromatic heterocycles. The van der Waals surface area contributed by atoms with E-state index in [-0.39, 0.29) is 0 Å². The summed E-state index contributed by atoms with van der Waals surface area (Å²) in [7, 11) is 1.00. The third kappa shape index (κ3) is 21.6. The molecule has 0 aromatic carbocycles. The zero-order valence-electron chi connectivity index (χ0n) is 2.80. The van der Waals surface area contributed by atoms with Crippen LogP contribution in [0.2, 0.25) is 0 Å². The van der Waals surface area contributed by atoms with E-state index in [2.05, 4.69) is 0 Å². The summed E-state index contributed by atoms with van der Waals surface area (Å²) in [6, 6.07) is 0. The van der Waals surface area contributed by atoms with Crippen LogP contribution in [-0.4, -0.2) is 23.8 Å². The number of hydrogen-bond acceptors (Lipinski definition) is 2. The lowest BCUT2D eigenvalue weighted by Gasteiger charge is -1.29. The predicted molar refractivity (Wildman–Crippen MR) is 16.5 cm³/mol. The zero-order chi connectivity index (χ0) is 4.71. The lowest BCUT2D eigenvalue weighted by atomic mass is 11.7. The molecule has 31 valence electrons. The van der Waals surface area contributed by atoms with Crippen molar-refractivity contribution in [2.24, 2.45) is 0 Å². The fraction of sp³-hybridized carbons (Fsp3) is 0.500. The fourth-order valence-corrected chi connectivity index (χ4v) is 0. The van der Waals surface area contributed by atoms with Gasteiger partial charge in [0.25, 0.3) is 0 Å². The highest BCUT2D eigenvalue weighted by atomic mass is 16.3. The Morgan fingerprint density at radius 3 is 1.60 bits per heavy atom. The molecular formula is C2H5O3. The topological polar surface area (TPSA) is 57.5 Å². The Labute approximate surface area is 29.9 Å². The van der Waals surface area contributed by atoms with Crippen molar-refractivity contribution in [1.82, 2.24) is 0 Å². The van der Waals surface area contributed by atoms with Gasteiger partial charge in [-0.3, -0.25) is 0 Å². The molecule has 1 radical (unpaired) electrons. The molecule has 3 heteroatoms. The van der Waals surface area contributed by atoms with Crippen LogP contribution in [0.3, 0.4) is 0 Å². The molecule has 0 saturated carbocycles. The first-order valence-electron chi connectivity index (χ1n) is 0.875. The van der Waals surface area contributed by atoms with E-state index in [1.54, 1.807) is 0 Å². The van der Waals surface area contributed by atoms with E-state index < -0.39 is 0 Å². The maximum atomic E-state index is 8.24. The highest BCUT2D eigenvalue weighted by Crippen LogP contribution is 0.973. The molecule has 0 bridgehead atoms. The van der Waals surface area contributed by atoms with Gasteiger partial charge in [0.15, 0.2) is 0 Å². The van der Waals surface area contributed by atoms with E-state index in [1.807, 2.05) is 0 Å². The van der Waals surface area contributed by atoms with Crippen molar-refractivity contribution in [1.29, 1.82) is 0 Å². The van der Waals surface area contributed by atoms with E-state index in [1.165, 1.54) is 0 Å². The molecule has 3 nitrogen and oxygen atoms in total. The van der Waals surface area contributed by atoms with Crippen LogP contribution in [0.15, 0.2) is 0 Å². The third-order valence-corrected chi connectivity index (χ3v) is 0. The Morgan fingerprint density at radius 2 is 1.60 bits per heavy atom. The molecule has 0 amide bonds. The molecule has 0 aliphatic heterocycles. The second kappa shape index (κ2) is 110. The second-order valence-electron chi connectivity index (χ2n) is 0.0913. The van der Waals surface area contributed by atoms with Gasteiger partial charge in [0.2, 0.25) is 0 Å². The first kappa shape index (κ1) is 8.83. The van der Waals surface area contributed by atoms with Crippen molar-refractivity contribution >= 4 is 6.47 Å². The van der Waals surface area contributed by atoms with Crippen LogP contribution < -0.4 is 0 Å². The van der Waals surface area contributed by atoms with Crippen molar-refractivity contribution in [3.63, 3.8) is 0 Å². The largest absolute Gasteiger partial charge is 0.473 e. The Balaban J connectivity index is 0. The van der Waals surface area contributed by atoms with Crippen molar-refractivity contribution in [3.05, 3.63) is 0 Å². The summed E-state index contributed by atoms with van der Waals surface area (Å²) < 4.78 is 0. The van der Waals surface area contributed by atoms with Gasteiger partial charge in [-0.25, -0.2) is 4.79 Å². The SMILES string of the molecule is CO.O=[C]O. The predicted octanol–water partition coefficient (Wildman–Crippen LogP) is -0.780. The minimum absolute atomic E-state index is 0.500. The van der Waals surface area contributed by atoms with Crippen LogP contribution in [-0.2, 0) is 4.79 Å². The summed E-state index contributed by atoms with van der Waals surface area (Å²) in [5.74, 6) is 0. The summed E-state index contributed by atoms with van der Waals surface area (Å²) in [5.41, 5.74) is 0. The molecule has 0 saturated heterocycles. The highest BCUT2D eigenvalue weighted by Gasteiger charge is 1.30. The first-order valence-corrected chi connectivity index (χ1v) is 0.875. The molecule has 0 unspecified atom stereocenters. The molecule has 5 heavy (non-hydrogen) atoms. The summed E-state index contributed by atoms with van der Waals surface area (Å²) >= 11 is 0. The molecule has 0 rings (SSSR count). The van der Waals surface area contributed by atoms with Crippen molar-refractivity contribution < 1.29 is 15.0 Å². The summed E-state index contributed by atoms with van der Waals surface area (Å²) in [6.45, 7) is 0.500. The van der Waals surface area contributed by atoms with E-state index in [9.17, 15) is 0 Å². The average molecular weight is 77.1 g/mol. The van der Waals surface area contributed by atoms with Crippen molar-refractivity contribution in [2.45, 2.75) is 0 Å². The average Bonchev–Trinajstić information content (AvgIpc) is 1.46. The molecule has 0 aliphatic carbocycles. The quantitative estimate of drug-likeness (QED) is 0.398. The Morgan fingerprint density at radius 1 is 1.60 bits per heavy atom. The second-order valence-corrected chi connectivity index (χ2v) is 0.0913. The number of hydrogen-bond donors (Lipinski definition) is 2. The Kier molecular flexibility index (Phi) is 193. The molecule has 0 spiro atoms. The smallest absolute Gasteiger partial charge is 0.414 e. The van der Waals surface area contributed by atoms with Gasteiger partial charge in [-0.05, 0) is 0 Å². The maximum Gasteiger partial charge on any atom is 0.414 e. The third-order valence-electron chi connectivity index (χ3n) is 0. The number of rotatable bonds is 0. The van der Waals surface area contributed by atoms with Gasteiger partial charge in [-0.1, -0.05) is 0 Å². The summed E-state index contributed by atoms with van der Waals surface area (Å²) in [4.78, 5) is 8.24. The molecule has 2 N–H and O–H groups in total. The van der Waals surface area contributed by atoms with Crippen LogP contribution in [0.5, 0.6) is 0 Å². The van der Waals surface area contributed by atoms with Gasteiger partial charge in [-0.15, -0.1) is 0 Å². The molecule has 0 atom stereocenters. The highest BCUT2D eigenvalue weighted by molar-refractivity contribution is 5.34. The number of aliphatic hydroxyl groups excluding tert-OH is 2. The van der Waals surface area contributed by atoms with E-state index >= 15 is 0 Å². The monoisotopic (exact) mass is 77.0 g/mol. The van der Waals surface area contributed by atoms with Crippen LogP contribution >= 0.6 is 0 Å². The standard InChI is InChI=1S/CHO2.CH4O/c2-1-3;1-2/h(H,2,3);2H,1H3. The van der Waals surface area contributed by atoms with Crippen LogP contribution in [0, 0.1) is 0 Å². The van der Waals surface area contributed by atoms with E-state index in [4.69, 9.17) is 15.0 Å². The number of aliphatic hydroxyl groups is 1. The maximum absolute atomic E-state index is 8.24. The van der Waals surface area contributed by atoms with Gasteiger partial charge >= 0.3 is 6.47 Å². The van der Waals surface area contributed by atoms with Crippen molar-refractivity contribution in [3.8, 4) is 0 Å². The van der Waals surface area contributed by atoms with Crippen LogP contribution in [0.1, 0.15) is 0 Å². The van der Waals surface area contributed by atoms with Crippen LogP contribution in [0.25, 0.3) is 0 Å². The molecule has 0 aliphatic rings. The van der Waals surface area contributed by atoms with Gasteiger partial charge in [0.05, 0.1) is 0 Å². The van der Waals surface area contributed by atoms with Gasteiger partial charge in [0.1, 0.15) is 0 Å². The van der Waals surface area contributed by atoms with Gasteiger partial charge in [0, 0.05) is 7.11 Å². The van der Waals surface area contributed by atoms with E-state index in [0.717, 1.165) is 7.11 Å².